The lowest BCUT2D eigenvalue weighted by atomic mass is 9.90. The maximum Gasteiger partial charge on any atom is 0.320 e. The SMILES string of the molecule is CCOC(=O)CN1CCC2(C=C(c3ccc(C(=N)N)cc3)NO2)CC1. The predicted molar refractivity (Wildman–Crippen MR) is 94.7 cm³/mol. The fourth-order valence-electron chi connectivity index (χ4n) is 3.18. The standard InChI is InChI=1S/C18H24N4O3/c1-2-24-16(23)12-22-9-7-18(8-10-22)11-15(21-25-18)13-3-5-14(6-4-13)17(19)20/h3-6,11,21H,2,7-10,12H2,1H3,(H3,19,20). The van der Waals surface area contributed by atoms with Crippen molar-refractivity contribution in [2.75, 3.05) is 26.2 Å². The summed E-state index contributed by atoms with van der Waals surface area (Å²) >= 11 is 0. The molecule has 1 aromatic rings. The van der Waals surface area contributed by atoms with Gasteiger partial charge in [-0.15, -0.1) is 0 Å². The third kappa shape index (κ3) is 4.00. The van der Waals surface area contributed by atoms with Gasteiger partial charge in [-0.3, -0.25) is 25.4 Å². The van der Waals surface area contributed by atoms with Gasteiger partial charge in [0.05, 0.1) is 18.8 Å². The summed E-state index contributed by atoms with van der Waals surface area (Å²) in [6.45, 7) is 4.14. The van der Waals surface area contributed by atoms with Crippen LogP contribution in [0.2, 0.25) is 0 Å². The normalized spacial score (nSPS) is 19.3. The smallest absolute Gasteiger partial charge is 0.320 e. The van der Waals surface area contributed by atoms with Gasteiger partial charge in [0.2, 0.25) is 0 Å². The number of carbonyl (C=O) groups is 1. The number of hydrogen-bond acceptors (Lipinski definition) is 6. The second-order valence-corrected chi connectivity index (χ2v) is 6.40. The molecule has 2 aliphatic heterocycles. The van der Waals surface area contributed by atoms with Crippen LogP contribution in [0.3, 0.4) is 0 Å². The van der Waals surface area contributed by atoms with Crippen LogP contribution in [0.4, 0.5) is 0 Å². The minimum absolute atomic E-state index is 0.0570. The van der Waals surface area contributed by atoms with Gasteiger partial charge in [-0.1, -0.05) is 24.3 Å². The molecule has 134 valence electrons. The molecular weight excluding hydrogens is 320 g/mol. The molecule has 2 aliphatic rings. The van der Waals surface area contributed by atoms with E-state index in [1.807, 2.05) is 31.2 Å². The van der Waals surface area contributed by atoms with Gasteiger partial charge in [0.15, 0.2) is 0 Å². The van der Waals surface area contributed by atoms with E-state index in [2.05, 4.69) is 16.5 Å². The van der Waals surface area contributed by atoms with Crippen molar-refractivity contribution in [2.24, 2.45) is 5.73 Å². The van der Waals surface area contributed by atoms with Crippen molar-refractivity contribution in [2.45, 2.75) is 25.4 Å². The van der Waals surface area contributed by atoms with Crippen molar-refractivity contribution in [3.63, 3.8) is 0 Å². The van der Waals surface area contributed by atoms with E-state index in [-0.39, 0.29) is 17.4 Å². The number of hydroxylamine groups is 1. The highest BCUT2D eigenvalue weighted by molar-refractivity contribution is 5.95. The first kappa shape index (κ1) is 17.4. The van der Waals surface area contributed by atoms with E-state index < -0.39 is 0 Å². The highest BCUT2D eigenvalue weighted by atomic mass is 16.7. The largest absolute Gasteiger partial charge is 0.465 e. The number of carbonyl (C=O) groups excluding carboxylic acids is 1. The molecule has 0 atom stereocenters. The van der Waals surface area contributed by atoms with Gasteiger partial charge in [0, 0.05) is 18.7 Å². The first-order valence-corrected chi connectivity index (χ1v) is 8.51. The summed E-state index contributed by atoms with van der Waals surface area (Å²) in [5.74, 6) is -0.118. The van der Waals surface area contributed by atoms with E-state index in [0.29, 0.717) is 18.7 Å². The van der Waals surface area contributed by atoms with Crippen LogP contribution in [-0.4, -0.2) is 48.5 Å². The summed E-state index contributed by atoms with van der Waals surface area (Å²) in [6.07, 6.45) is 3.75. The molecule has 0 radical (unpaired) electrons. The molecule has 0 bridgehead atoms. The third-order valence-electron chi connectivity index (χ3n) is 4.64. The van der Waals surface area contributed by atoms with Gasteiger partial charge in [0.1, 0.15) is 11.4 Å². The number of esters is 1. The zero-order chi connectivity index (χ0) is 17.9. The van der Waals surface area contributed by atoms with E-state index in [9.17, 15) is 4.79 Å². The number of amidine groups is 1. The number of nitrogen functional groups attached to an aromatic ring is 1. The lowest BCUT2D eigenvalue weighted by Crippen LogP contribution is -2.46. The summed E-state index contributed by atoms with van der Waals surface area (Å²) in [6, 6.07) is 7.50. The average Bonchev–Trinajstić information content (AvgIpc) is 3.01. The molecule has 0 aliphatic carbocycles. The Hall–Kier alpha value is -2.38. The van der Waals surface area contributed by atoms with Crippen LogP contribution in [0, 0.1) is 5.41 Å². The first-order valence-electron chi connectivity index (χ1n) is 8.51. The van der Waals surface area contributed by atoms with E-state index in [4.69, 9.17) is 20.7 Å². The highest BCUT2D eigenvalue weighted by Crippen LogP contribution is 2.34. The molecule has 1 aromatic carbocycles. The van der Waals surface area contributed by atoms with Crippen molar-refractivity contribution in [1.29, 1.82) is 5.41 Å². The number of piperidine rings is 1. The molecule has 0 aromatic heterocycles. The Balaban J connectivity index is 1.61. The molecule has 25 heavy (non-hydrogen) atoms. The number of hydrogen-bond donors (Lipinski definition) is 3. The van der Waals surface area contributed by atoms with Gasteiger partial charge in [-0.2, -0.15) is 0 Å². The Kier molecular flexibility index (Phi) is 5.06. The molecule has 0 unspecified atom stereocenters. The number of rotatable bonds is 5. The van der Waals surface area contributed by atoms with Crippen LogP contribution in [0.1, 0.15) is 30.9 Å². The van der Waals surface area contributed by atoms with Crippen molar-refractivity contribution in [3.05, 3.63) is 41.5 Å². The number of nitrogens with one attached hydrogen (secondary N) is 2. The zero-order valence-corrected chi connectivity index (χ0v) is 14.4. The highest BCUT2D eigenvalue weighted by Gasteiger charge is 2.39. The second kappa shape index (κ2) is 7.25. The Labute approximate surface area is 147 Å². The minimum Gasteiger partial charge on any atom is -0.465 e. The van der Waals surface area contributed by atoms with Crippen LogP contribution in [0.25, 0.3) is 5.70 Å². The summed E-state index contributed by atoms with van der Waals surface area (Å²) in [5, 5.41) is 7.45. The lowest BCUT2D eigenvalue weighted by molar-refractivity contribution is -0.146. The van der Waals surface area contributed by atoms with E-state index in [1.165, 1.54) is 0 Å². The Morgan fingerprint density at radius 1 is 1.36 bits per heavy atom. The molecule has 0 saturated carbocycles. The summed E-state index contributed by atoms with van der Waals surface area (Å²) < 4.78 is 5.00. The summed E-state index contributed by atoms with van der Waals surface area (Å²) in [5.41, 5.74) is 10.8. The Morgan fingerprint density at radius 2 is 2.04 bits per heavy atom. The molecule has 7 nitrogen and oxygen atoms in total. The van der Waals surface area contributed by atoms with E-state index >= 15 is 0 Å². The average molecular weight is 344 g/mol. The van der Waals surface area contributed by atoms with Crippen molar-refractivity contribution < 1.29 is 14.4 Å². The van der Waals surface area contributed by atoms with Crippen LogP contribution in [0.5, 0.6) is 0 Å². The van der Waals surface area contributed by atoms with Gasteiger partial charge in [-0.05, 0) is 31.4 Å². The second-order valence-electron chi connectivity index (χ2n) is 6.40. The molecule has 7 heteroatoms. The third-order valence-corrected chi connectivity index (χ3v) is 4.64. The fraction of sp³-hybridized carbons (Fsp3) is 0.444. The van der Waals surface area contributed by atoms with Gasteiger partial charge < -0.3 is 10.5 Å². The van der Waals surface area contributed by atoms with Crippen LogP contribution in [0.15, 0.2) is 30.3 Å². The number of benzene rings is 1. The van der Waals surface area contributed by atoms with Crippen molar-refractivity contribution in [3.8, 4) is 0 Å². The summed E-state index contributed by atoms with van der Waals surface area (Å²) in [7, 11) is 0. The van der Waals surface area contributed by atoms with Crippen LogP contribution >= 0.6 is 0 Å². The maximum absolute atomic E-state index is 11.6. The molecule has 1 saturated heterocycles. The molecule has 1 spiro atoms. The minimum atomic E-state index is -0.334. The quantitative estimate of drug-likeness (QED) is 0.422. The van der Waals surface area contributed by atoms with Gasteiger partial charge >= 0.3 is 5.97 Å². The number of likely N-dealkylation sites (tertiary alicyclic amines) is 1. The van der Waals surface area contributed by atoms with Crippen molar-refractivity contribution in [1.82, 2.24) is 10.4 Å². The first-order chi connectivity index (χ1) is 12.0. The molecule has 3 rings (SSSR count). The van der Waals surface area contributed by atoms with Gasteiger partial charge in [-0.25, -0.2) is 0 Å². The van der Waals surface area contributed by atoms with Crippen molar-refractivity contribution >= 4 is 17.5 Å². The van der Waals surface area contributed by atoms with Crippen LogP contribution < -0.4 is 11.2 Å². The predicted octanol–water partition coefficient (Wildman–Crippen LogP) is 1.24. The van der Waals surface area contributed by atoms with E-state index in [1.54, 1.807) is 0 Å². The zero-order valence-electron chi connectivity index (χ0n) is 14.4. The van der Waals surface area contributed by atoms with E-state index in [0.717, 1.165) is 37.2 Å². The fourth-order valence-corrected chi connectivity index (χ4v) is 3.18. The van der Waals surface area contributed by atoms with Gasteiger partial charge in [0.25, 0.3) is 0 Å². The molecule has 2 heterocycles. The number of ether oxygens (including phenoxy) is 1. The Bertz CT molecular complexity index is 676. The molecule has 1 fully saturated rings. The molecule has 4 N–H and O–H groups in total. The number of nitrogens with two attached hydrogens (primary N) is 1. The van der Waals surface area contributed by atoms with Crippen LogP contribution in [-0.2, 0) is 14.4 Å². The summed E-state index contributed by atoms with van der Waals surface area (Å²) in [4.78, 5) is 19.6. The number of nitrogens with zero attached hydrogens (tertiary/aromatic N) is 1. The molecular formula is C18H24N4O3. The lowest BCUT2D eigenvalue weighted by Gasteiger charge is -2.36. The maximum atomic E-state index is 11.6. The molecule has 0 amide bonds. The Morgan fingerprint density at radius 3 is 2.64 bits per heavy atom. The monoisotopic (exact) mass is 344 g/mol. The topological polar surface area (TPSA) is 101 Å².